The summed E-state index contributed by atoms with van der Waals surface area (Å²) in [6, 6.07) is 17.1. The van der Waals surface area contributed by atoms with Gasteiger partial charge in [0.15, 0.2) is 5.82 Å². The van der Waals surface area contributed by atoms with Gasteiger partial charge >= 0.3 is 0 Å². The largest absolute Gasteiger partial charge is 0.493 e. The molecular formula is C24H15ClFN5O. The number of anilines is 2. The van der Waals surface area contributed by atoms with E-state index in [1.165, 1.54) is 18.2 Å². The van der Waals surface area contributed by atoms with E-state index in [0.717, 1.165) is 22.1 Å². The maximum Gasteiger partial charge on any atom is 0.210 e. The summed E-state index contributed by atoms with van der Waals surface area (Å²) in [6.45, 7) is 0. The second-order valence-electron chi connectivity index (χ2n) is 7.03. The summed E-state index contributed by atoms with van der Waals surface area (Å²) in [4.78, 5) is 17.5. The lowest BCUT2D eigenvalue weighted by molar-refractivity contribution is 0.453. The summed E-state index contributed by atoms with van der Waals surface area (Å²) in [5, 5.41) is 13.5. The van der Waals surface area contributed by atoms with Crippen LogP contribution in [0.3, 0.4) is 0 Å². The molecule has 0 saturated heterocycles. The highest BCUT2D eigenvalue weighted by molar-refractivity contribution is 6.31. The van der Waals surface area contributed by atoms with Crippen LogP contribution >= 0.6 is 11.6 Å². The second-order valence-corrected chi connectivity index (χ2v) is 7.44. The van der Waals surface area contributed by atoms with Crippen molar-refractivity contribution in [2.75, 3.05) is 5.32 Å². The monoisotopic (exact) mass is 443 g/mol. The van der Waals surface area contributed by atoms with Crippen LogP contribution in [0.1, 0.15) is 0 Å². The highest BCUT2D eigenvalue weighted by atomic mass is 35.5. The number of pyridine rings is 2. The van der Waals surface area contributed by atoms with Crippen molar-refractivity contribution in [1.82, 2.24) is 19.9 Å². The topological polar surface area (TPSA) is 83.8 Å². The summed E-state index contributed by atoms with van der Waals surface area (Å²) in [6.07, 6.45) is 4.96. The summed E-state index contributed by atoms with van der Waals surface area (Å²) in [5.74, 6) is 0.489. The van der Waals surface area contributed by atoms with Crippen LogP contribution in [0.15, 0.2) is 79.3 Å². The van der Waals surface area contributed by atoms with Gasteiger partial charge in [-0.1, -0.05) is 17.7 Å². The summed E-state index contributed by atoms with van der Waals surface area (Å²) in [7, 11) is 0. The van der Waals surface area contributed by atoms with Gasteiger partial charge in [0.1, 0.15) is 11.6 Å². The van der Waals surface area contributed by atoms with Crippen molar-refractivity contribution < 1.29 is 9.50 Å². The average molecular weight is 444 g/mol. The van der Waals surface area contributed by atoms with E-state index in [-0.39, 0.29) is 10.9 Å². The third kappa shape index (κ3) is 3.93. The van der Waals surface area contributed by atoms with Gasteiger partial charge in [-0.2, -0.15) is 0 Å². The molecule has 2 aromatic carbocycles. The molecule has 3 aromatic heterocycles. The van der Waals surface area contributed by atoms with Crippen LogP contribution in [-0.2, 0) is 0 Å². The Labute approximate surface area is 187 Å². The van der Waals surface area contributed by atoms with E-state index >= 15 is 0 Å². The molecule has 3 heterocycles. The number of nitrogens with one attached hydrogen (secondary N) is 1. The fourth-order valence-corrected chi connectivity index (χ4v) is 3.48. The van der Waals surface area contributed by atoms with E-state index < -0.39 is 5.82 Å². The van der Waals surface area contributed by atoms with Crippen molar-refractivity contribution in [3.63, 3.8) is 0 Å². The number of nitrogens with zero attached hydrogens (tertiary/aromatic N) is 4. The lowest BCUT2D eigenvalue weighted by Crippen LogP contribution is -2.00. The predicted octanol–water partition coefficient (Wildman–Crippen LogP) is 6.00. The van der Waals surface area contributed by atoms with Gasteiger partial charge in [-0.3, -0.25) is 4.98 Å². The van der Waals surface area contributed by atoms with Crippen molar-refractivity contribution in [1.29, 1.82) is 0 Å². The smallest absolute Gasteiger partial charge is 0.210 e. The Bertz CT molecular complexity index is 1430. The number of halogens is 2. The molecule has 0 fully saturated rings. The molecule has 0 spiro atoms. The molecule has 0 aliphatic rings. The number of aromatic hydroxyl groups is 1. The fourth-order valence-electron chi connectivity index (χ4n) is 3.29. The Hall–Kier alpha value is -4.10. The van der Waals surface area contributed by atoms with Gasteiger partial charge in [-0.15, -0.1) is 0 Å². The lowest BCUT2D eigenvalue weighted by Gasteiger charge is -2.13. The molecule has 5 aromatic rings. The van der Waals surface area contributed by atoms with Gasteiger partial charge in [-0.25, -0.2) is 19.3 Å². The van der Waals surface area contributed by atoms with Gasteiger partial charge in [0.05, 0.1) is 10.5 Å². The van der Waals surface area contributed by atoms with Crippen LogP contribution < -0.4 is 5.32 Å². The molecule has 0 bridgehead atoms. The Morgan fingerprint density at radius 1 is 0.875 bits per heavy atom. The minimum absolute atomic E-state index is 0.0108. The Morgan fingerprint density at radius 3 is 2.50 bits per heavy atom. The van der Waals surface area contributed by atoms with Crippen LogP contribution in [0.25, 0.3) is 33.4 Å². The van der Waals surface area contributed by atoms with E-state index in [1.807, 2.05) is 30.3 Å². The molecule has 8 heteroatoms. The van der Waals surface area contributed by atoms with Crippen LogP contribution in [0.5, 0.6) is 5.88 Å². The SMILES string of the molecule is Oc1ccc(-c2ccc3nc(-c4cccnc4)nc(Nc4ccc(F)c(Cl)c4)c3c2)cn1. The van der Waals surface area contributed by atoms with Gasteiger partial charge < -0.3 is 10.4 Å². The standard InChI is InChI=1S/C24H15ClFN5O/c25-19-11-17(5-6-20(19)26)29-24-18-10-14(15-4-8-22(32)28-13-15)3-7-21(18)30-23(31-24)16-2-1-9-27-12-16/h1-13H,(H,28,32)(H,29,30,31). The number of fused-ring (bicyclic) bond motifs is 1. The maximum absolute atomic E-state index is 13.6. The first kappa shape index (κ1) is 19.8. The molecule has 0 saturated carbocycles. The van der Waals surface area contributed by atoms with E-state index in [2.05, 4.69) is 15.3 Å². The van der Waals surface area contributed by atoms with E-state index in [9.17, 15) is 9.50 Å². The minimum Gasteiger partial charge on any atom is -0.493 e. The quantitative estimate of drug-likeness (QED) is 0.354. The number of hydrogen-bond donors (Lipinski definition) is 2. The predicted molar refractivity (Wildman–Crippen MR) is 122 cm³/mol. The number of aromatic nitrogens is 4. The molecule has 0 aliphatic heterocycles. The lowest BCUT2D eigenvalue weighted by atomic mass is 10.0. The highest BCUT2D eigenvalue weighted by Gasteiger charge is 2.13. The van der Waals surface area contributed by atoms with Gasteiger partial charge in [0.2, 0.25) is 5.88 Å². The summed E-state index contributed by atoms with van der Waals surface area (Å²) in [5.41, 5.74) is 3.77. The first-order valence-electron chi connectivity index (χ1n) is 9.66. The van der Waals surface area contributed by atoms with Gasteiger partial charge in [-0.05, 0) is 54.1 Å². The molecule has 0 unspecified atom stereocenters. The van der Waals surface area contributed by atoms with E-state index in [4.69, 9.17) is 21.6 Å². The minimum atomic E-state index is -0.497. The highest BCUT2D eigenvalue weighted by Crippen LogP contribution is 2.32. The average Bonchev–Trinajstić information content (AvgIpc) is 2.82. The molecule has 156 valence electrons. The molecule has 32 heavy (non-hydrogen) atoms. The Balaban J connectivity index is 1.67. The number of hydrogen-bond acceptors (Lipinski definition) is 6. The molecule has 6 nitrogen and oxygen atoms in total. The third-order valence-electron chi connectivity index (χ3n) is 4.88. The van der Waals surface area contributed by atoms with E-state index in [1.54, 1.807) is 30.7 Å². The zero-order valence-electron chi connectivity index (χ0n) is 16.5. The van der Waals surface area contributed by atoms with Crippen molar-refractivity contribution in [2.45, 2.75) is 0 Å². The Kier molecular flexibility index (Phi) is 5.09. The molecule has 0 aliphatic carbocycles. The molecule has 0 amide bonds. The molecule has 5 rings (SSSR count). The van der Waals surface area contributed by atoms with Crippen LogP contribution in [-0.4, -0.2) is 25.0 Å². The van der Waals surface area contributed by atoms with Crippen LogP contribution in [0.2, 0.25) is 5.02 Å². The van der Waals surface area contributed by atoms with Crippen molar-refractivity contribution >= 4 is 34.0 Å². The van der Waals surface area contributed by atoms with Crippen LogP contribution in [0.4, 0.5) is 15.9 Å². The van der Waals surface area contributed by atoms with Crippen LogP contribution in [0, 0.1) is 5.82 Å². The van der Waals surface area contributed by atoms with Crippen molar-refractivity contribution in [2.24, 2.45) is 0 Å². The Morgan fingerprint density at radius 2 is 1.75 bits per heavy atom. The van der Waals surface area contributed by atoms with Gasteiger partial charge in [0.25, 0.3) is 0 Å². The first-order chi connectivity index (χ1) is 15.6. The van der Waals surface area contributed by atoms with Crippen molar-refractivity contribution in [3.8, 4) is 28.4 Å². The van der Waals surface area contributed by atoms with Crippen molar-refractivity contribution in [3.05, 3.63) is 90.1 Å². The van der Waals surface area contributed by atoms with Gasteiger partial charge in [0, 0.05) is 46.9 Å². The third-order valence-corrected chi connectivity index (χ3v) is 5.17. The fraction of sp³-hybridized carbons (Fsp3) is 0. The summed E-state index contributed by atoms with van der Waals surface area (Å²) < 4.78 is 13.6. The molecule has 0 radical (unpaired) electrons. The normalized spacial score (nSPS) is 10.9. The molecular weight excluding hydrogens is 429 g/mol. The molecule has 0 atom stereocenters. The molecule has 2 N–H and O–H groups in total. The number of benzene rings is 2. The second kappa shape index (κ2) is 8.20. The van der Waals surface area contributed by atoms with E-state index in [0.29, 0.717) is 22.8 Å². The number of rotatable bonds is 4. The maximum atomic E-state index is 13.6. The zero-order valence-corrected chi connectivity index (χ0v) is 17.3. The zero-order chi connectivity index (χ0) is 22.1. The summed E-state index contributed by atoms with van der Waals surface area (Å²) >= 11 is 5.96. The first-order valence-corrected chi connectivity index (χ1v) is 10.0.